The van der Waals surface area contributed by atoms with Crippen LogP contribution in [-0.4, -0.2) is 5.11 Å². The van der Waals surface area contributed by atoms with Crippen LogP contribution in [0.3, 0.4) is 0 Å². The van der Waals surface area contributed by atoms with Crippen LogP contribution >= 0.6 is 11.3 Å². The van der Waals surface area contributed by atoms with Gasteiger partial charge in [0.15, 0.2) is 0 Å². The van der Waals surface area contributed by atoms with Crippen LogP contribution in [0.25, 0.3) is 10.1 Å². The van der Waals surface area contributed by atoms with Gasteiger partial charge in [0.25, 0.3) is 0 Å². The first-order chi connectivity index (χ1) is 6.77. The predicted octanol–water partition coefficient (Wildman–Crippen LogP) is 2.57. The van der Waals surface area contributed by atoms with Crippen LogP contribution in [0, 0.1) is 18.3 Å². The summed E-state index contributed by atoms with van der Waals surface area (Å²) < 4.78 is 1.10. The number of thiophene rings is 1. The number of benzene rings is 1. The summed E-state index contributed by atoms with van der Waals surface area (Å²) in [7, 11) is 0. The molecule has 0 atom stereocenters. The molecule has 3 heteroatoms. The van der Waals surface area contributed by atoms with Crippen LogP contribution in [0.4, 0.5) is 0 Å². The zero-order valence-corrected chi connectivity index (χ0v) is 8.56. The Morgan fingerprint density at radius 2 is 2.36 bits per heavy atom. The SMILES string of the molecule is Cc1c(CO)cc(C#N)c2ccsc12. The predicted molar refractivity (Wildman–Crippen MR) is 57.2 cm³/mol. The number of aryl methyl sites for hydroxylation is 1. The second-order valence-electron chi connectivity index (χ2n) is 3.14. The van der Waals surface area contributed by atoms with Crippen molar-refractivity contribution < 1.29 is 5.11 Å². The fourth-order valence-electron chi connectivity index (χ4n) is 1.57. The number of hydrogen-bond donors (Lipinski definition) is 1. The van der Waals surface area contributed by atoms with E-state index < -0.39 is 0 Å². The summed E-state index contributed by atoms with van der Waals surface area (Å²) >= 11 is 1.61. The van der Waals surface area contributed by atoms with E-state index in [-0.39, 0.29) is 6.61 Å². The topological polar surface area (TPSA) is 44.0 Å². The van der Waals surface area contributed by atoms with Gasteiger partial charge >= 0.3 is 0 Å². The average molecular weight is 203 g/mol. The molecule has 0 aliphatic heterocycles. The Morgan fingerprint density at radius 3 is 3.00 bits per heavy atom. The number of nitriles is 1. The van der Waals surface area contributed by atoms with E-state index >= 15 is 0 Å². The van der Waals surface area contributed by atoms with Gasteiger partial charge in [-0.1, -0.05) is 0 Å². The normalized spacial score (nSPS) is 10.4. The molecule has 0 bridgehead atoms. The molecule has 2 nitrogen and oxygen atoms in total. The quantitative estimate of drug-likeness (QED) is 0.774. The second-order valence-corrected chi connectivity index (χ2v) is 4.06. The van der Waals surface area contributed by atoms with Gasteiger partial charge in [-0.05, 0) is 35.6 Å². The lowest BCUT2D eigenvalue weighted by atomic mass is 10.0. The maximum atomic E-state index is 9.13. The number of fused-ring (bicyclic) bond motifs is 1. The molecular weight excluding hydrogens is 194 g/mol. The second kappa shape index (κ2) is 3.41. The third kappa shape index (κ3) is 1.20. The molecule has 0 radical (unpaired) electrons. The fourth-order valence-corrected chi connectivity index (χ4v) is 2.53. The Kier molecular flexibility index (Phi) is 2.24. The van der Waals surface area contributed by atoms with Crippen molar-refractivity contribution in [3.05, 3.63) is 34.2 Å². The molecule has 70 valence electrons. The Balaban J connectivity index is 2.89. The molecule has 1 heterocycles. The number of hydrogen-bond acceptors (Lipinski definition) is 3. The van der Waals surface area contributed by atoms with Gasteiger partial charge in [-0.15, -0.1) is 11.3 Å². The van der Waals surface area contributed by atoms with Gasteiger partial charge in [0.2, 0.25) is 0 Å². The molecule has 0 aliphatic rings. The third-order valence-electron chi connectivity index (χ3n) is 2.39. The molecule has 0 unspecified atom stereocenters. The van der Waals surface area contributed by atoms with Gasteiger partial charge < -0.3 is 5.11 Å². The molecule has 0 saturated heterocycles. The van der Waals surface area contributed by atoms with E-state index in [1.54, 1.807) is 17.4 Å². The standard InChI is InChI=1S/C11H9NOS/c1-7-9(6-13)4-8(5-12)10-2-3-14-11(7)10/h2-4,13H,6H2,1H3. The van der Waals surface area contributed by atoms with Crippen molar-refractivity contribution in [3.8, 4) is 6.07 Å². The monoisotopic (exact) mass is 203 g/mol. The zero-order chi connectivity index (χ0) is 10.1. The lowest BCUT2D eigenvalue weighted by Crippen LogP contribution is -1.90. The largest absolute Gasteiger partial charge is 0.392 e. The lowest BCUT2D eigenvalue weighted by molar-refractivity contribution is 0.281. The van der Waals surface area contributed by atoms with E-state index in [1.165, 1.54) is 0 Å². The van der Waals surface area contributed by atoms with Crippen LogP contribution in [-0.2, 0) is 6.61 Å². The van der Waals surface area contributed by atoms with Gasteiger partial charge in [0.05, 0.1) is 18.2 Å². The first kappa shape index (κ1) is 9.20. The van der Waals surface area contributed by atoms with E-state index in [1.807, 2.05) is 18.4 Å². The summed E-state index contributed by atoms with van der Waals surface area (Å²) in [5, 5.41) is 21.0. The smallest absolute Gasteiger partial charge is 0.0998 e. The van der Waals surface area contributed by atoms with Crippen LogP contribution in [0.2, 0.25) is 0 Å². The van der Waals surface area contributed by atoms with Gasteiger partial charge in [-0.2, -0.15) is 5.26 Å². The highest BCUT2D eigenvalue weighted by atomic mass is 32.1. The van der Waals surface area contributed by atoms with Crippen molar-refractivity contribution in [2.45, 2.75) is 13.5 Å². The molecule has 14 heavy (non-hydrogen) atoms. The highest BCUT2D eigenvalue weighted by Gasteiger charge is 2.08. The summed E-state index contributed by atoms with van der Waals surface area (Å²) in [6.45, 7) is 1.97. The van der Waals surface area contributed by atoms with Gasteiger partial charge in [0, 0.05) is 10.1 Å². The van der Waals surface area contributed by atoms with Gasteiger partial charge in [0.1, 0.15) is 0 Å². The van der Waals surface area contributed by atoms with Gasteiger partial charge in [-0.25, -0.2) is 0 Å². The number of nitrogens with zero attached hydrogens (tertiary/aromatic N) is 1. The highest BCUT2D eigenvalue weighted by Crippen LogP contribution is 2.30. The van der Waals surface area contributed by atoms with Crippen LogP contribution < -0.4 is 0 Å². The lowest BCUT2D eigenvalue weighted by Gasteiger charge is -2.04. The molecule has 1 N–H and O–H groups in total. The van der Waals surface area contributed by atoms with Crippen molar-refractivity contribution in [2.75, 3.05) is 0 Å². The molecule has 2 rings (SSSR count). The first-order valence-electron chi connectivity index (χ1n) is 4.28. The maximum Gasteiger partial charge on any atom is 0.0998 e. The molecule has 1 aromatic carbocycles. The first-order valence-corrected chi connectivity index (χ1v) is 5.16. The molecule has 0 spiro atoms. The minimum absolute atomic E-state index is 0.00560. The zero-order valence-electron chi connectivity index (χ0n) is 7.74. The minimum atomic E-state index is -0.00560. The maximum absolute atomic E-state index is 9.13. The fraction of sp³-hybridized carbons (Fsp3) is 0.182. The Hall–Kier alpha value is -1.37. The van der Waals surface area contributed by atoms with Gasteiger partial charge in [-0.3, -0.25) is 0 Å². The molecular formula is C11H9NOS. The van der Waals surface area contributed by atoms with Crippen LogP contribution in [0.15, 0.2) is 17.5 Å². The Morgan fingerprint density at radius 1 is 1.57 bits per heavy atom. The molecule has 2 aromatic rings. The van der Waals surface area contributed by atoms with E-state index in [4.69, 9.17) is 10.4 Å². The Labute approximate surface area is 86.0 Å². The third-order valence-corrected chi connectivity index (χ3v) is 3.42. The van der Waals surface area contributed by atoms with Crippen LogP contribution in [0.1, 0.15) is 16.7 Å². The molecule has 1 aromatic heterocycles. The van der Waals surface area contributed by atoms with Crippen LogP contribution in [0.5, 0.6) is 0 Å². The minimum Gasteiger partial charge on any atom is -0.392 e. The molecule has 0 amide bonds. The molecule has 0 fully saturated rings. The summed E-state index contributed by atoms with van der Waals surface area (Å²) in [6, 6.07) is 5.87. The van der Waals surface area contributed by atoms with Crippen molar-refractivity contribution in [3.63, 3.8) is 0 Å². The van der Waals surface area contributed by atoms with Crippen molar-refractivity contribution >= 4 is 21.4 Å². The summed E-state index contributed by atoms with van der Waals surface area (Å²) in [5.41, 5.74) is 2.57. The van der Waals surface area contributed by atoms with Crippen molar-refractivity contribution in [1.82, 2.24) is 0 Å². The molecule has 0 saturated carbocycles. The van der Waals surface area contributed by atoms with E-state index in [0.29, 0.717) is 5.56 Å². The van der Waals surface area contributed by atoms with E-state index in [0.717, 1.165) is 21.2 Å². The number of aliphatic hydroxyl groups excluding tert-OH is 1. The number of rotatable bonds is 1. The van der Waals surface area contributed by atoms with E-state index in [2.05, 4.69) is 6.07 Å². The molecule has 0 aliphatic carbocycles. The van der Waals surface area contributed by atoms with Crippen molar-refractivity contribution in [1.29, 1.82) is 5.26 Å². The Bertz CT molecular complexity index is 522. The average Bonchev–Trinajstić information content (AvgIpc) is 2.68. The number of aliphatic hydroxyl groups is 1. The highest BCUT2D eigenvalue weighted by molar-refractivity contribution is 7.17. The van der Waals surface area contributed by atoms with Crippen molar-refractivity contribution in [2.24, 2.45) is 0 Å². The summed E-state index contributed by atoms with van der Waals surface area (Å²) in [6.07, 6.45) is 0. The summed E-state index contributed by atoms with van der Waals surface area (Å²) in [5.74, 6) is 0. The summed E-state index contributed by atoms with van der Waals surface area (Å²) in [4.78, 5) is 0. The van der Waals surface area contributed by atoms with E-state index in [9.17, 15) is 0 Å².